The molecule has 0 atom stereocenters. The molecule has 0 amide bonds. The number of hydrogen-bond donors (Lipinski definition) is 1. The summed E-state index contributed by atoms with van der Waals surface area (Å²) in [6, 6.07) is 3.76. The van der Waals surface area contributed by atoms with Crippen molar-refractivity contribution < 1.29 is 0 Å². The minimum Gasteiger partial charge on any atom is -0.383 e. The van der Waals surface area contributed by atoms with Gasteiger partial charge in [-0.15, -0.1) is 0 Å². The van der Waals surface area contributed by atoms with Gasteiger partial charge < -0.3 is 5.73 Å². The molecule has 0 bridgehead atoms. The molecule has 5 heteroatoms. The van der Waals surface area contributed by atoms with Crippen LogP contribution in [0.4, 0.5) is 5.82 Å². The van der Waals surface area contributed by atoms with E-state index in [9.17, 15) is 0 Å². The van der Waals surface area contributed by atoms with Crippen molar-refractivity contribution in [3.05, 3.63) is 24.5 Å². The first-order valence-electron chi connectivity index (χ1n) is 6.17. The maximum absolute atomic E-state index is 5.97. The first-order chi connectivity index (χ1) is 8.79. The Balaban J connectivity index is 2.24. The van der Waals surface area contributed by atoms with Crippen molar-refractivity contribution in [2.75, 3.05) is 5.73 Å². The molecule has 3 heterocycles. The minimum absolute atomic E-state index is 0.522. The zero-order valence-corrected chi connectivity index (χ0v) is 10.3. The lowest BCUT2D eigenvalue weighted by molar-refractivity contribution is 0.577. The van der Waals surface area contributed by atoms with Crippen LogP contribution < -0.4 is 5.73 Å². The van der Waals surface area contributed by atoms with Crippen LogP contribution in [-0.4, -0.2) is 19.7 Å². The quantitative estimate of drug-likeness (QED) is 0.764. The molecule has 0 aliphatic rings. The van der Waals surface area contributed by atoms with E-state index in [-0.39, 0.29) is 0 Å². The maximum atomic E-state index is 5.97. The first-order valence-corrected chi connectivity index (χ1v) is 6.17. The molecule has 0 fully saturated rings. The second-order valence-corrected chi connectivity index (χ2v) is 4.38. The molecule has 18 heavy (non-hydrogen) atoms. The summed E-state index contributed by atoms with van der Waals surface area (Å²) in [6.45, 7) is 3.06. The Morgan fingerprint density at radius 1 is 1.33 bits per heavy atom. The summed E-state index contributed by atoms with van der Waals surface area (Å²) in [6.07, 6.45) is 5.96. The third-order valence-electron chi connectivity index (χ3n) is 3.03. The van der Waals surface area contributed by atoms with E-state index in [2.05, 4.69) is 22.0 Å². The number of nitrogens with two attached hydrogens (primary N) is 1. The summed E-state index contributed by atoms with van der Waals surface area (Å²) in [4.78, 5) is 8.71. The van der Waals surface area contributed by atoms with Crippen LogP contribution >= 0.6 is 0 Å². The number of aryl methyl sites for hydroxylation is 1. The molecule has 92 valence electrons. The average molecular weight is 241 g/mol. The van der Waals surface area contributed by atoms with Crippen molar-refractivity contribution in [3.63, 3.8) is 0 Å². The Kier molecular flexibility index (Phi) is 2.59. The van der Waals surface area contributed by atoms with E-state index in [1.54, 1.807) is 6.20 Å². The van der Waals surface area contributed by atoms with E-state index >= 15 is 0 Å². The fourth-order valence-electron chi connectivity index (χ4n) is 2.08. The number of pyridine rings is 2. The molecule has 0 radical (unpaired) electrons. The highest BCUT2D eigenvalue weighted by Gasteiger charge is 2.10. The molecule has 0 saturated carbocycles. The Hall–Kier alpha value is -2.17. The Bertz CT molecular complexity index is 701. The van der Waals surface area contributed by atoms with Crippen molar-refractivity contribution in [3.8, 4) is 0 Å². The number of nitrogen functional groups attached to an aromatic ring is 1. The topological polar surface area (TPSA) is 69.6 Å². The molecule has 0 saturated heterocycles. The second kappa shape index (κ2) is 4.25. The monoisotopic (exact) mass is 241 g/mol. The normalized spacial score (nSPS) is 11.4. The van der Waals surface area contributed by atoms with Crippen LogP contribution in [0.5, 0.6) is 0 Å². The number of hydrogen-bond acceptors (Lipinski definition) is 4. The van der Waals surface area contributed by atoms with Crippen molar-refractivity contribution in [1.29, 1.82) is 0 Å². The van der Waals surface area contributed by atoms with Crippen molar-refractivity contribution in [2.45, 2.75) is 26.3 Å². The Morgan fingerprint density at radius 3 is 3.06 bits per heavy atom. The summed E-state index contributed by atoms with van der Waals surface area (Å²) in [7, 11) is 0. The lowest BCUT2D eigenvalue weighted by Crippen LogP contribution is -1.97. The molecule has 0 aliphatic carbocycles. The summed E-state index contributed by atoms with van der Waals surface area (Å²) in [5, 5.41) is 5.46. The van der Waals surface area contributed by atoms with Gasteiger partial charge in [-0.05, 0) is 18.6 Å². The van der Waals surface area contributed by atoms with Gasteiger partial charge in [0, 0.05) is 18.9 Å². The van der Waals surface area contributed by atoms with Crippen LogP contribution in [0.15, 0.2) is 24.5 Å². The van der Waals surface area contributed by atoms with Crippen LogP contribution in [0.25, 0.3) is 21.9 Å². The van der Waals surface area contributed by atoms with Crippen molar-refractivity contribution in [1.82, 2.24) is 19.7 Å². The molecule has 3 rings (SSSR count). The number of aromatic nitrogens is 4. The fourth-order valence-corrected chi connectivity index (χ4v) is 2.08. The molecule has 3 aromatic heterocycles. The number of fused-ring (bicyclic) bond motifs is 3. The Labute approximate surface area is 105 Å². The third-order valence-corrected chi connectivity index (χ3v) is 3.03. The molecule has 2 N–H and O–H groups in total. The van der Waals surface area contributed by atoms with Gasteiger partial charge >= 0.3 is 0 Å². The smallest absolute Gasteiger partial charge is 0.135 e. The highest BCUT2D eigenvalue weighted by molar-refractivity contribution is 6.05. The highest BCUT2D eigenvalue weighted by Crippen LogP contribution is 2.24. The van der Waals surface area contributed by atoms with Gasteiger partial charge in [0.15, 0.2) is 0 Å². The van der Waals surface area contributed by atoms with E-state index in [0.29, 0.717) is 5.82 Å². The van der Waals surface area contributed by atoms with Gasteiger partial charge in [0.25, 0.3) is 0 Å². The van der Waals surface area contributed by atoms with E-state index in [4.69, 9.17) is 5.73 Å². The van der Waals surface area contributed by atoms with Gasteiger partial charge in [-0.2, -0.15) is 5.10 Å². The Morgan fingerprint density at radius 2 is 2.22 bits per heavy atom. The number of unbranched alkanes of at least 4 members (excludes halogenated alkanes) is 1. The van der Waals surface area contributed by atoms with Gasteiger partial charge in [-0.3, -0.25) is 9.67 Å². The molecule has 3 aromatic rings. The zero-order valence-electron chi connectivity index (χ0n) is 10.3. The first kappa shape index (κ1) is 11.0. The third kappa shape index (κ3) is 1.68. The van der Waals surface area contributed by atoms with E-state index in [1.165, 1.54) is 0 Å². The van der Waals surface area contributed by atoms with E-state index in [0.717, 1.165) is 41.3 Å². The lowest BCUT2D eigenvalue weighted by Gasteiger charge is -1.98. The summed E-state index contributed by atoms with van der Waals surface area (Å²) in [5.74, 6) is 0.522. The second-order valence-electron chi connectivity index (χ2n) is 4.38. The summed E-state index contributed by atoms with van der Waals surface area (Å²) in [5.41, 5.74) is 8.43. The number of anilines is 1. The number of nitrogens with zero attached hydrogens (tertiary/aromatic N) is 4. The van der Waals surface area contributed by atoms with Gasteiger partial charge in [0.2, 0.25) is 0 Å². The molecule has 0 aliphatic heterocycles. The minimum atomic E-state index is 0.522. The molecule has 0 spiro atoms. The molecule has 5 nitrogen and oxygen atoms in total. The van der Waals surface area contributed by atoms with Crippen molar-refractivity contribution in [2.24, 2.45) is 0 Å². The van der Waals surface area contributed by atoms with Crippen LogP contribution in [0.2, 0.25) is 0 Å². The molecular formula is C13H15N5. The van der Waals surface area contributed by atoms with E-state index < -0.39 is 0 Å². The highest BCUT2D eigenvalue weighted by atomic mass is 15.3. The van der Waals surface area contributed by atoms with Gasteiger partial charge in [0.05, 0.1) is 10.9 Å². The van der Waals surface area contributed by atoms with E-state index in [1.807, 2.05) is 23.0 Å². The largest absolute Gasteiger partial charge is 0.383 e. The standard InChI is InChI=1S/C13H15N5/c1-2-3-7-18-8-9-11(17-18)12-10(16-13(9)14)5-4-6-15-12/h4-6,8H,2-3,7H2,1H3,(H2,14,16). The maximum Gasteiger partial charge on any atom is 0.135 e. The van der Waals surface area contributed by atoms with Gasteiger partial charge in [-0.25, -0.2) is 4.98 Å². The van der Waals surface area contributed by atoms with Crippen LogP contribution in [0.1, 0.15) is 19.8 Å². The van der Waals surface area contributed by atoms with Crippen LogP contribution in [0, 0.1) is 0 Å². The van der Waals surface area contributed by atoms with Crippen LogP contribution in [-0.2, 0) is 6.54 Å². The lowest BCUT2D eigenvalue weighted by atomic mass is 10.2. The SMILES string of the molecule is CCCCn1cc2c(N)nc3cccnc3c2n1. The predicted octanol–water partition coefficient (Wildman–Crippen LogP) is 2.36. The zero-order chi connectivity index (χ0) is 12.5. The fraction of sp³-hybridized carbons (Fsp3) is 0.308. The van der Waals surface area contributed by atoms with Crippen LogP contribution in [0.3, 0.4) is 0 Å². The molecular weight excluding hydrogens is 226 g/mol. The molecule has 0 aromatic carbocycles. The summed E-state index contributed by atoms with van der Waals surface area (Å²) < 4.78 is 1.93. The summed E-state index contributed by atoms with van der Waals surface area (Å²) >= 11 is 0. The van der Waals surface area contributed by atoms with Gasteiger partial charge in [0.1, 0.15) is 16.9 Å². The number of rotatable bonds is 3. The van der Waals surface area contributed by atoms with Crippen molar-refractivity contribution >= 4 is 27.8 Å². The molecule has 0 unspecified atom stereocenters. The average Bonchev–Trinajstić information content (AvgIpc) is 2.81. The predicted molar refractivity (Wildman–Crippen MR) is 72.1 cm³/mol. The van der Waals surface area contributed by atoms with Gasteiger partial charge in [-0.1, -0.05) is 13.3 Å².